The van der Waals surface area contributed by atoms with E-state index in [4.69, 9.17) is 10.7 Å². The minimum Gasteiger partial charge on any atom is -0.359 e. The van der Waals surface area contributed by atoms with Crippen LogP contribution in [-0.2, 0) is 13.0 Å². The van der Waals surface area contributed by atoms with Crippen molar-refractivity contribution < 1.29 is 0 Å². The van der Waals surface area contributed by atoms with Crippen LogP contribution in [0.2, 0.25) is 0 Å². The first kappa shape index (κ1) is 14.8. The second-order valence-electron chi connectivity index (χ2n) is 7.09. The maximum absolute atomic E-state index is 5.85. The molecule has 0 saturated heterocycles. The number of fused-ring (bicyclic) bond motifs is 2. The molecule has 2 aliphatic carbocycles. The molecule has 2 saturated carbocycles. The number of nitrogens with two attached hydrogens (primary N) is 1. The standard InChI is InChI=1S/C18H29N3/c1-3-4-17-9-14(11-19)10-18(20-17)21(2)12-16-8-13-5-6-15(16)7-13/h9-10,13,15-16H,3-8,11-12,19H2,1-2H3. The van der Waals surface area contributed by atoms with Crippen molar-refractivity contribution in [3.63, 3.8) is 0 Å². The van der Waals surface area contributed by atoms with Crippen LogP contribution in [0.1, 0.15) is 50.3 Å². The molecule has 1 aromatic heterocycles. The third kappa shape index (κ3) is 3.23. The van der Waals surface area contributed by atoms with E-state index < -0.39 is 0 Å². The monoisotopic (exact) mass is 287 g/mol. The molecule has 0 radical (unpaired) electrons. The zero-order valence-corrected chi connectivity index (χ0v) is 13.5. The fourth-order valence-corrected chi connectivity index (χ4v) is 4.38. The van der Waals surface area contributed by atoms with Gasteiger partial charge < -0.3 is 10.6 Å². The van der Waals surface area contributed by atoms with Gasteiger partial charge >= 0.3 is 0 Å². The van der Waals surface area contributed by atoms with Crippen LogP contribution in [0.25, 0.3) is 0 Å². The Morgan fingerprint density at radius 3 is 2.76 bits per heavy atom. The molecular weight excluding hydrogens is 258 g/mol. The molecule has 0 amide bonds. The van der Waals surface area contributed by atoms with E-state index in [0.29, 0.717) is 6.54 Å². The molecular formula is C18H29N3. The maximum atomic E-state index is 5.85. The summed E-state index contributed by atoms with van der Waals surface area (Å²) in [5, 5.41) is 0. The molecule has 116 valence electrons. The van der Waals surface area contributed by atoms with Gasteiger partial charge in [-0.2, -0.15) is 0 Å². The summed E-state index contributed by atoms with van der Waals surface area (Å²) in [5.41, 5.74) is 8.25. The number of rotatable bonds is 6. The number of hydrogen-bond acceptors (Lipinski definition) is 3. The van der Waals surface area contributed by atoms with Gasteiger partial charge in [0.15, 0.2) is 0 Å². The van der Waals surface area contributed by atoms with Crippen LogP contribution >= 0.6 is 0 Å². The summed E-state index contributed by atoms with van der Waals surface area (Å²) in [5.74, 6) is 3.99. The van der Waals surface area contributed by atoms with Gasteiger partial charge in [-0.1, -0.05) is 19.8 Å². The summed E-state index contributed by atoms with van der Waals surface area (Å²) in [7, 11) is 2.20. The third-order valence-electron chi connectivity index (χ3n) is 5.45. The van der Waals surface area contributed by atoms with Crippen LogP contribution < -0.4 is 10.6 Å². The van der Waals surface area contributed by atoms with Crippen LogP contribution in [0.15, 0.2) is 12.1 Å². The van der Waals surface area contributed by atoms with E-state index in [0.717, 1.165) is 43.0 Å². The highest BCUT2D eigenvalue weighted by Crippen LogP contribution is 2.48. The molecule has 3 nitrogen and oxygen atoms in total. The number of aromatic nitrogens is 1. The van der Waals surface area contributed by atoms with Gasteiger partial charge in [-0.15, -0.1) is 0 Å². The van der Waals surface area contributed by atoms with Crippen LogP contribution in [0.3, 0.4) is 0 Å². The second kappa shape index (κ2) is 6.35. The van der Waals surface area contributed by atoms with Gasteiger partial charge in [0.05, 0.1) is 0 Å². The fraction of sp³-hybridized carbons (Fsp3) is 0.722. The molecule has 2 aliphatic rings. The smallest absolute Gasteiger partial charge is 0.128 e. The molecule has 3 atom stereocenters. The Balaban J connectivity index is 1.71. The summed E-state index contributed by atoms with van der Waals surface area (Å²) in [6.45, 7) is 3.97. The van der Waals surface area contributed by atoms with Crippen molar-refractivity contribution in [2.24, 2.45) is 23.5 Å². The first-order valence-corrected chi connectivity index (χ1v) is 8.60. The van der Waals surface area contributed by atoms with Gasteiger partial charge in [-0.05, 0) is 61.1 Å². The Bertz CT molecular complexity index is 485. The van der Waals surface area contributed by atoms with Crippen LogP contribution in [0, 0.1) is 17.8 Å². The summed E-state index contributed by atoms with van der Waals surface area (Å²) in [6, 6.07) is 4.34. The molecule has 3 unspecified atom stereocenters. The van der Waals surface area contributed by atoms with E-state index in [1.807, 2.05) is 0 Å². The lowest BCUT2D eigenvalue weighted by atomic mass is 9.88. The zero-order valence-electron chi connectivity index (χ0n) is 13.5. The molecule has 1 aromatic rings. The molecule has 3 heteroatoms. The van der Waals surface area contributed by atoms with Crippen molar-refractivity contribution in [2.75, 3.05) is 18.5 Å². The van der Waals surface area contributed by atoms with Crippen molar-refractivity contribution in [1.82, 2.24) is 4.98 Å². The minimum atomic E-state index is 0.605. The minimum absolute atomic E-state index is 0.605. The molecule has 2 bridgehead atoms. The van der Waals surface area contributed by atoms with E-state index >= 15 is 0 Å². The molecule has 1 heterocycles. The molecule has 0 aromatic carbocycles. The van der Waals surface area contributed by atoms with Crippen LogP contribution in [0.4, 0.5) is 5.82 Å². The average Bonchev–Trinajstić information content (AvgIpc) is 3.09. The van der Waals surface area contributed by atoms with Crippen molar-refractivity contribution in [1.29, 1.82) is 0 Å². The third-order valence-corrected chi connectivity index (χ3v) is 5.45. The topological polar surface area (TPSA) is 42.1 Å². The van der Waals surface area contributed by atoms with Crippen LogP contribution in [0.5, 0.6) is 0 Å². The van der Waals surface area contributed by atoms with Crippen molar-refractivity contribution in [2.45, 2.75) is 52.0 Å². The molecule has 0 spiro atoms. The van der Waals surface area contributed by atoms with E-state index in [1.54, 1.807) is 0 Å². The lowest BCUT2D eigenvalue weighted by molar-refractivity contribution is 0.337. The van der Waals surface area contributed by atoms with Gasteiger partial charge in [0.2, 0.25) is 0 Å². The summed E-state index contributed by atoms with van der Waals surface area (Å²) in [6.07, 6.45) is 8.04. The van der Waals surface area contributed by atoms with E-state index in [-0.39, 0.29) is 0 Å². The quantitative estimate of drug-likeness (QED) is 0.872. The SMILES string of the molecule is CCCc1cc(CN)cc(N(C)CC2CC3CCC2C3)n1. The number of anilines is 1. The largest absolute Gasteiger partial charge is 0.359 e. The number of aryl methyl sites for hydroxylation is 1. The zero-order chi connectivity index (χ0) is 14.8. The van der Waals surface area contributed by atoms with Crippen molar-refractivity contribution in [3.05, 3.63) is 23.4 Å². The molecule has 2 fully saturated rings. The number of hydrogen-bond donors (Lipinski definition) is 1. The number of nitrogens with zero attached hydrogens (tertiary/aromatic N) is 2. The predicted molar refractivity (Wildman–Crippen MR) is 88.3 cm³/mol. The highest BCUT2D eigenvalue weighted by atomic mass is 15.2. The van der Waals surface area contributed by atoms with Gasteiger partial charge in [0.25, 0.3) is 0 Å². The first-order valence-electron chi connectivity index (χ1n) is 8.60. The molecule has 0 aliphatic heterocycles. The van der Waals surface area contributed by atoms with E-state index in [1.165, 1.54) is 36.9 Å². The van der Waals surface area contributed by atoms with Gasteiger partial charge in [-0.3, -0.25) is 0 Å². The van der Waals surface area contributed by atoms with Crippen molar-refractivity contribution in [3.8, 4) is 0 Å². The normalized spacial score (nSPS) is 27.3. The highest BCUT2D eigenvalue weighted by Gasteiger charge is 2.39. The second-order valence-corrected chi connectivity index (χ2v) is 7.09. The molecule has 2 N–H and O–H groups in total. The Hall–Kier alpha value is -1.09. The van der Waals surface area contributed by atoms with Gasteiger partial charge in [0, 0.05) is 25.8 Å². The first-order chi connectivity index (χ1) is 10.2. The fourth-order valence-electron chi connectivity index (χ4n) is 4.38. The summed E-state index contributed by atoms with van der Waals surface area (Å²) >= 11 is 0. The maximum Gasteiger partial charge on any atom is 0.128 e. The summed E-state index contributed by atoms with van der Waals surface area (Å²) < 4.78 is 0. The Morgan fingerprint density at radius 2 is 2.14 bits per heavy atom. The van der Waals surface area contributed by atoms with Crippen LogP contribution in [-0.4, -0.2) is 18.6 Å². The van der Waals surface area contributed by atoms with Gasteiger partial charge in [0.1, 0.15) is 5.82 Å². The lowest BCUT2D eigenvalue weighted by Crippen LogP contribution is -2.29. The Morgan fingerprint density at radius 1 is 1.29 bits per heavy atom. The molecule has 3 rings (SSSR count). The van der Waals surface area contributed by atoms with Crippen molar-refractivity contribution >= 4 is 5.82 Å². The van der Waals surface area contributed by atoms with E-state index in [9.17, 15) is 0 Å². The predicted octanol–water partition coefficient (Wildman–Crippen LogP) is 3.37. The molecule has 21 heavy (non-hydrogen) atoms. The number of pyridine rings is 1. The van der Waals surface area contributed by atoms with Gasteiger partial charge in [-0.25, -0.2) is 4.98 Å². The lowest BCUT2D eigenvalue weighted by Gasteiger charge is -2.28. The van der Waals surface area contributed by atoms with E-state index in [2.05, 4.69) is 31.0 Å². The Kier molecular flexibility index (Phi) is 4.48. The Labute approximate surface area is 128 Å². The highest BCUT2D eigenvalue weighted by molar-refractivity contribution is 5.42. The summed E-state index contributed by atoms with van der Waals surface area (Å²) in [4.78, 5) is 7.21. The average molecular weight is 287 g/mol.